The van der Waals surface area contributed by atoms with Gasteiger partial charge in [0.2, 0.25) is 0 Å². The van der Waals surface area contributed by atoms with Gasteiger partial charge in [-0.3, -0.25) is 4.68 Å². The monoisotopic (exact) mass is 237 g/mol. The third-order valence-corrected chi connectivity index (χ3v) is 2.57. The predicted molar refractivity (Wildman–Crippen MR) is 62.1 cm³/mol. The van der Waals surface area contributed by atoms with Crippen molar-refractivity contribution in [1.82, 2.24) is 9.78 Å². The zero-order valence-corrected chi connectivity index (χ0v) is 9.69. The molecule has 0 bridgehead atoms. The van der Waals surface area contributed by atoms with Crippen LogP contribution in [-0.2, 0) is 6.54 Å². The van der Waals surface area contributed by atoms with Gasteiger partial charge in [-0.15, -0.1) is 24.8 Å². The number of halogens is 2. The van der Waals surface area contributed by atoms with Crippen LogP contribution in [0.5, 0.6) is 0 Å². The fourth-order valence-electron chi connectivity index (χ4n) is 1.86. The molecule has 2 N–H and O–H groups in total. The van der Waals surface area contributed by atoms with Gasteiger partial charge in [0.1, 0.15) is 0 Å². The maximum Gasteiger partial charge on any atom is 0.0760 e. The van der Waals surface area contributed by atoms with Crippen molar-refractivity contribution in [2.45, 2.75) is 38.3 Å². The highest BCUT2D eigenvalue weighted by molar-refractivity contribution is 5.85. The van der Waals surface area contributed by atoms with Crippen LogP contribution in [0.15, 0.2) is 12.3 Å². The molecule has 82 valence electrons. The molecule has 0 unspecified atom stereocenters. The quantitative estimate of drug-likeness (QED) is 0.859. The highest BCUT2D eigenvalue weighted by atomic mass is 35.5. The molecule has 1 aromatic rings. The van der Waals surface area contributed by atoms with Gasteiger partial charge in [-0.1, -0.05) is 12.8 Å². The van der Waals surface area contributed by atoms with Crippen LogP contribution in [0.1, 0.15) is 37.4 Å². The largest absolute Gasteiger partial charge is 0.325 e. The Labute approximate surface area is 96.9 Å². The van der Waals surface area contributed by atoms with Gasteiger partial charge < -0.3 is 5.73 Å². The van der Waals surface area contributed by atoms with Crippen LogP contribution >= 0.6 is 24.8 Å². The summed E-state index contributed by atoms with van der Waals surface area (Å²) in [6, 6.07) is 2.66. The predicted octanol–water partition coefficient (Wildman–Crippen LogP) is 2.30. The molecule has 0 saturated heterocycles. The van der Waals surface area contributed by atoms with E-state index in [1.54, 1.807) is 0 Å². The van der Waals surface area contributed by atoms with Gasteiger partial charge in [0.15, 0.2) is 0 Å². The smallest absolute Gasteiger partial charge is 0.0760 e. The molecule has 1 fully saturated rings. The number of aromatic nitrogens is 2. The van der Waals surface area contributed by atoms with Crippen LogP contribution in [0.4, 0.5) is 0 Å². The fourth-order valence-corrected chi connectivity index (χ4v) is 1.86. The molecular weight excluding hydrogens is 221 g/mol. The molecule has 1 aliphatic carbocycles. The minimum Gasteiger partial charge on any atom is -0.325 e. The molecule has 1 aromatic heterocycles. The third kappa shape index (κ3) is 2.87. The molecule has 0 atom stereocenters. The zero-order chi connectivity index (χ0) is 8.39. The molecule has 2 rings (SSSR count). The number of nitrogens with zero attached hydrogens (tertiary/aromatic N) is 2. The minimum absolute atomic E-state index is 0. The molecule has 1 heterocycles. The third-order valence-electron chi connectivity index (χ3n) is 2.57. The molecule has 0 aromatic carbocycles. The summed E-state index contributed by atoms with van der Waals surface area (Å²) < 4.78 is 2.08. The second-order valence-electron chi connectivity index (χ2n) is 3.43. The van der Waals surface area contributed by atoms with E-state index < -0.39 is 0 Å². The van der Waals surface area contributed by atoms with Gasteiger partial charge in [0, 0.05) is 12.7 Å². The minimum atomic E-state index is 0. The zero-order valence-electron chi connectivity index (χ0n) is 8.06. The number of hydrogen-bond donors (Lipinski definition) is 1. The van der Waals surface area contributed by atoms with Crippen molar-refractivity contribution in [3.8, 4) is 0 Å². The Morgan fingerprint density at radius 1 is 1.36 bits per heavy atom. The van der Waals surface area contributed by atoms with E-state index in [2.05, 4.69) is 16.0 Å². The summed E-state index contributed by atoms with van der Waals surface area (Å²) in [7, 11) is 0. The lowest BCUT2D eigenvalue weighted by molar-refractivity contribution is 0.463. The molecule has 5 heteroatoms. The van der Waals surface area contributed by atoms with Crippen LogP contribution < -0.4 is 5.73 Å². The Morgan fingerprint density at radius 3 is 2.50 bits per heavy atom. The van der Waals surface area contributed by atoms with Crippen LogP contribution in [0, 0.1) is 0 Å². The molecular formula is C9H17Cl2N3. The second-order valence-corrected chi connectivity index (χ2v) is 3.43. The van der Waals surface area contributed by atoms with Crippen molar-refractivity contribution in [2.24, 2.45) is 5.73 Å². The van der Waals surface area contributed by atoms with E-state index in [0.29, 0.717) is 12.6 Å². The second kappa shape index (κ2) is 6.27. The first-order valence-electron chi connectivity index (χ1n) is 4.64. The molecule has 1 saturated carbocycles. The normalized spacial score (nSPS) is 16.1. The molecule has 3 nitrogen and oxygen atoms in total. The van der Waals surface area contributed by atoms with Gasteiger partial charge in [0.25, 0.3) is 0 Å². The first-order chi connectivity index (χ1) is 5.90. The fraction of sp³-hybridized carbons (Fsp3) is 0.667. The van der Waals surface area contributed by atoms with E-state index in [-0.39, 0.29) is 24.8 Å². The molecule has 0 spiro atoms. The number of nitrogens with two attached hydrogens (primary N) is 1. The number of hydrogen-bond acceptors (Lipinski definition) is 2. The first-order valence-corrected chi connectivity index (χ1v) is 4.64. The topological polar surface area (TPSA) is 43.8 Å². The van der Waals surface area contributed by atoms with Gasteiger partial charge in [-0.2, -0.15) is 5.10 Å². The van der Waals surface area contributed by atoms with E-state index in [4.69, 9.17) is 5.73 Å². The van der Waals surface area contributed by atoms with Crippen LogP contribution in [0.3, 0.4) is 0 Å². The van der Waals surface area contributed by atoms with E-state index in [0.717, 1.165) is 5.69 Å². The van der Waals surface area contributed by atoms with E-state index in [1.165, 1.54) is 25.7 Å². The van der Waals surface area contributed by atoms with Crippen LogP contribution in [0.25, 0.3) is 0 Å². The molecule has 1 aliphatic rings. The summed E-state index contributed by atoms with van der Waals surface area (Å²) in [6.45, 7) is 0.555. The van der Waals surface area contributed by atoms with Crippen molar-refractivity contribution >= 4 is 24.8 Å². The summed E-state index contributed by atoms with van der Waals surface area (Å²) in [6.07, 6.45) is 7.32. The SMILES string of the molecule is Cl.Cl.NCc1ccn(C2CCCC2)n1. The van der Waals surface area contributed by atoms with E-state index >= 15 is 0 Å². The van der Waals surface area contributed by atoms with Gasteiger partial charge in [-0.25, -0.2) is 0 Å². The van der Waals surface area contributed by atoms with Crippen LogP contribution in [0.2, 0.25) is 0 Å². The summed E-state index contributed by atoms with van der Waals surface area (Å²) >= 11 is 0. The lowest BCUT2D eigenvalue weighted by atomic mass is 10.3. The Bertz CT molecular complexity index is 256. The van der Waals surface area contributed by atoms with E-state index in [9.17, 15) is 0 Å². The van der Waals surface area contributed by atoms with Crippen molar-refractivity contribution in [3.05, 3.63) is 18.0 Å². The van der Waals surface area contributed by atoms with Crippen LogP contribution in [-0.4, -0.2) is 9.78 Å². The highest BCUT2D eigenvalue weighted by Crippen LogP contribution is 2.28. The standard InChI is InChI=1S/C9H15N3.2ClH/c10-7-8-5-6-12(11-8)9-3-1-2-4-9;;/h5-6,9H,1-4,7,10H2;2*1H. The molecule has 0 aliphatic heterocycles. The summed E-state index contributed by atoms with van der Waals surface area (Å²) in [5.74, 6) is 0. The summed E-state index contributed by atoms with van der Waals surface area (Å²) in [5.41, 5.74) is 6.49. The Morgan fingerprint density at radius 2 is 2.00 bits per heavy atom. The average Bonchev–Trinajstić information content (AvgIpc) is 2.75. The lowest BCUT2D eigenvalue weighted by Crippen LogP contribution is -2.06. The van der Waals surface area contributed by atoms with Crippen molar-refractivity contribution < 1.29 is 0 Å². The van der Waals surface area contributed by atoms with Gasteiger partial charge in [0.05, 0.1) is 11.7 Å². The highest BCUT2D eigenvalue weighted by Gasteiger charge is 2.16. The van der Waals surface area contributed by atoms with Gasteiger partial charge >= 0.3 is 0 Å². The summed E-state index contributed by atoms with van der Waals surface area (Å²) in [4.78, 5) is 0. The van der Waals surface area contributed by atoms with Crippen molar-refractivity contribution in [2.75, 3.05) is 0 Å². The Kier molecular flexibility index (Phi) is 6.16. The molecule has 14 heavy (non-hydrogen) atoms. The van der Waals surface area contributed by atoms with E-state index in [1.807, 2.05) is 6.07 Å². The maximum absolute atomic E-state index is 5.49. The van der Waals surface area contributed by atoms with Gasteiger partial charge in [-0.05, 0) is 18.9 Å². The first kappa shape index (κ1) is 13.8. The average molecular weight is 238 g/mol. The molecule has 0 radical (unpaired) electrons. The van der Waals surface area contributed by atoms with Crippen molar-refractivity contribution in [1.29, 1.82) is 0 Å². The number of rotatable bonds is 2. The Balaban J connectivity index is 0.000000845. The molecule has 0 amide bonds. The lowest BCUT2D eigenvalue weighted by Gasteiger charge is -2.08. The summed E-state index contributed by atoms with van der Waals surface area (Å²) in [5, 5.41) is 4.40. The van der Waals surface area contributed by atoms with Crippen molar-refractivity contribution in [3.63, 3.8) is 0 Å². The Hall–Kier alpha value is -0.250. The maximum atomic E-state index is 5.49.